The van der Waals surface area contributed by atoms with Gasteiger partial charge in [0.2, 0.25) is 0 Å². The molecule has 2 rings (SSSR count). The summed E-state index contributed by atoms with van der Waals surface area (Å²) in [6.45, 7) is -0.264. The van der Waals surface area contributed by atoms with Gasteiger partial charge in [-0.05, 0) is 23.6 Å². The molecule has 0 radical (unpaired) electrons. The molecule has 0 fully saturated rings. The fraction of sp³-hybridized carbons (Fsp3) is 0.0909. The minimum atomic E-state index is -0.348. The lowest BCUT2D eigenvalue weighted by molar-refractivity contribution is 0.272. The monoisotopic (exact) mass is 240 g/mol. The zero-order valence-corrected chi connectivity index (χ0v) is 9.45. The molecular formula is C11H9FOS2. The lowest BCUT2D eigenvalue weighted by Crippen LogP contribution is -1.92. The van der Waals surface area contributed by atoms with Gasteiger partial charge in [0.25, 0.3) is 0 Å². The molecule has 1 N–H and O–H groups in total. The van der Waals surface area contributed by atoms with Crippen LogP contribution in [0.2, 0.25) is 0 Å². The molecule has 78 valence electrons. The van der Waals surface area contributed by atoms with E-state index in [9.17, 15) is 4.39 Å². The molecule has 0 atom stereocenters. The molecule has 0 aliphatic rings. The van der Waals surface area contributed by atoms with Crippen molar-refractivity contribution in [3.8, 4) is 0 Å². The smallest absolute Gasteiger partial charge is 0.129 e. The second-order valence-electron chi connectivity index (χ2n) is 2.91. The Kier molecular flexibility index (Phi) is 3.41. The third kappa shape index (κ3) is 2.40. The average molecular weight is 240 g/mol. The molecular weight excluding hydrogens is 231 g/mol. The SMILES string of the molecule is OCc1c(F)cccc1Sc1cccs1. The largest absolute Gasteiger partial charge is 0.392 e. The number of rotatable bonds is 3. The maximum atomic E-state index is 13.3. The van der Waals surface area contributed by atoms with Crippen LogP contribution in [0.5, 0.6) is 0 Å². The van der Waals surface area contributed by atoms with Crippen LogP contribution in [0.3, 0.4) is 0 Å². The Labute approximate surface area is 95.6 Å². The fourth-order valence-corrected chi connectivity index (χ4v) is 3.09. The summed E-state index contributed by atoms with van der Waals surface area (Å²) in [6, 6.07) is 8.76. The number of halogens is 1. The summed E-state index contributed by atoms with van der Waals surface area (Å²) in [4.78, 5) is 0.778. The summed E-state index contributed by atoms with van der Waals surface area (Å²) in [7, 11) is 0. The van der Waals surface area contributed by atoms with E-state index < -0.39 is 0 Å². The van der Waals surface area contributed by atoms with Crippen LogP contribution in [0, 0.1) is 5.82 Å². The Morgan fingerprint density at radius 2 is 2.13 bits per heavy atom. The highest BCUT2D eigenvalue weighted by Crippen LogP contribution is 2.34. The molecule has 0 aliphatic carbocycles. The Balaban J connectivity index is 2.32. The van der Waals surface area contributed by atoms with E-state index in [1.54, 1.807) is 17.4 Å². The van der Waals surface area contributed by atoms with E-state index in [2.05, 4.69) is 0 Å². The van der Waals surface area contributed by atoms with Gasteiger partial charge in [0.1, 0.15) is 5.82 Å². The summed E-state index contributed by atoms with van der Waals surface area (Å²) >= 11 is 3.08. The van der Waals surface area contributed by atoms with E-state index in [1.807, 2.05) is 23.6 Å². The van der Waals surface area contributed by atoms with Crippen LogP contribution in [0.25, 0.3) is 0 Å². The minimum Gasteiger partial charge on any atom is -0.392 e. The first-order valence-corrected chi connectivity index (χ1v) is 6.10. The quantitative estimate of drug-likeness (QED) is 0.885. The maximum absolute atomic E-state index is 13.3. The van der Waals surface area contributed by atoms with Gasteiger partial charge >= 0.3 is 0 Å². The first kappa shape index (κ1) is 10.7. The third-order valence-corrected chi connectivity index (χ3v) is 4.08. The minimum absolute atomic E-state index is 0.264. The molecule has 0 bridgehead atoms. The van der Waals surface area contributed by atoms with Crippen molar-refractivity contribution in [2.75, 3.05) is 0 Å². The molecule has 0 saturated carbocycles. The zero-order valence-electron chi connectivity index (χ0n) is 7.81. The lowest BCUT2D eigenvalue weighted by atomic mass is 10.2. The summed E-state index contributed by atoms with van der Waals surface area (Å²) in [5.41, 5.74) is 0.371. The number of hydrogen-bond acceptors (Lipinski definition) is 3. The van der Waals surface area contributed by atoms with Gasteiger partial charge in [0.15, 0.2) is 0 Å². The molecule has 2 aromatic rings. The molecule has 1 heterocycles. The van der Waals surface area contributed by atoms with E-state index in [-0.39, 0.29) is 12.4 Å². The Bertz CT molecular complexity index is 440. The first-order chi connectivity index (χ1) is 7.31. The topological polar surface area (TPSA) is 20.2 Å². The van der Waals surface area contributed by atoms with Crippen LogP contribution in [0.1, 0.15) is 5.56 Å². The zero-order chi connectivity index (χ0) is 10.7. The molecule has 1 aromatic carbocycles. The van der Waals surface area contributed by atoms with E-state index in [1.165, 1.54) is 17.8 Å². The van der Waals surface area contributed by atoms with Gasteiger partial charge in [-0.1, -0.05) is 23.9 Å². The molecule has 0 amide bonds. The first-order valence-electron chi connectivity index (χ1n) is 4.41. The van der Waals surface area contributed by atoms with Gasteiger partial charge in [0.05, 0.1) is 10.8 Å². The average Bonchev–Trinajstić information content (AvgIpc) is 2.71. The van der Waals surface area contributed by atoms with Crippen LogP contribution < -0.4 is 0 Å². The summed E-state index contributed by atoms with van der Waals surface area (Å²) in [5.74, 6) is -0.348. The molecule has 1 nitrogen and oxygen atoms in total. The van der Waals surface area contributed by atoms with Crippen molar-refractivity contribution in [2.24, 2.45) is 0 Å². The third-order valence-electron chi connectivity index (χ3n) is 1.94. The number of aliphatic hydroxyl groups is 1. The van der Waals surface area contributed by atoms with Crippen LogP contribution in [-0.4, -0.2) is 5.11 Å². The molecule has 15 heavy (non-hydrogen) atoms. The number of benzene rings is 1. The van der Waals surface area contributed by atoms with Crippen LogP contribution in [-0.2, 0) is 6.61 Å². The molecule has 0 aliphatic heterocycles. The van der Waals surface area contributed by atoms with Crippen LogP contribution >= 0.6 is 23.1 Å². The Morgan fingerprint density at radius 3 is 2.80 bits per heavy atom. The number of aliphatic hydroxyl groups excluding tert-OH is 1. The molecule has 0 saturated heterocycles. The number of thiophene rings is 1. The second kappa shape index (κ2) is 4.79. The molecule has 0 spiro atoms. The van der Waals surface area contributed by atoms with E-state index in [0.717, 1.165) is 9.10 Å². The highest BCUT2D eigenvalue weighted by molar-refractivity contribution is 8.01. The summed E-state index contributed by atoms with van der Waals surface area (Å²) in [5, 5.41) is 11.1. The van der Waals surface area contributed by atoms with Crippen LogP contribution in [0.4, 0.5) is 4.39 Å². The number of hydrogen-bond donors (Lipinski definition) is 1. The highest BCUT2D eigenvalue weighted by atomic mass is 32.2. The van der Waals surface area contributed by atoms with Crippen molar-refractivity contribution < 1.29 is 9.50 Å². The predicted molar refractivity (Wildman–Crippen MR) is 60.8 cm³/mol. The van der Waals surface area contributed by atoms with E-state index >= 15 is 0 Å². The second-order valence-corrected chi connectivity index (χ2v) is 5.20. The summed E-state index contributed by atoms with van der Waals surface area (Å²) in [6.07, 6.45) is 0. The van der Waals surface area contributed by atoms with Crippen molar-refractivity contribution in [3.05, 3.63) is 47.1 Å². The van der Waals surface area contributed by atoms with Gasteiger partial charge in [0, 0.05) is 10.5 Å². The maximum Gasteiger partial charge on any atom is 0.129 e. The van der Waals surface area contributed by atoms with Gasteiger partial charge in [-0.3, -0.25) is 0 Å². The van der Waals surface area contributed by atoms with Gasteiger partial charge in [-0.2, -0.15) is 0 Å². The fourth-order valence-electron chi connectivity index (χ4n) is 1.22. The normalized spacial score (nSPS) is 10.5. The molecule has 0 unspecified atom stereocenters. The van der Waals surface area contributed by atoms with E-state index in [0.29, 0.717) is 5.56 Å². The predicted octanol–water partition coefficient (Wildman–Crippen LogP) is 3.53. The lowest BCUT2D eigenvalue weighted by Gasteiger charge is -2.06. The van der Waals surface area contributed by atoms with Crippen molar-refractivity contribution in [2.45, 2.75) is 15.7 Å². The van der Waals surface area contributed by atoms with Gasteiger partial charge in [-0.15, -0.1) is 11.3 Å². The van der Waals surface area contributed by atoms with Gasteiger partial charge < -0.3 is 5.11 Å². The van der Waals surface area contributed by atoms with Crippen molar-refractivity contribution in [1.29, 1.82) is 0 Å². The van der Waals surface area contributed by atoms with Crippen molar-refractivity contribution in [1.82, 2.24) is 0 Å². The van der Waals surface area contributed by atoms with Crippen molar-refractivity contribution in [3.63, 3.8) is 0 Å². The van der Waals surface area contributed by atoms with Crippen molar-refractivity contribution >= 4 is 23.1 Å². The van der Waals surface area contributed by atoms with Crippen LogP contribution in [0.15, 0.2) is 44.8 Å². The standard InChI is InChI=1S/C11H9FOS2/c12-9-3-1-4-10(8(9)7-13)15-11-5-2-6-14-11/h1-6,13H,7H2. The van der Waals surface area contributed by atoms with E-state index in [4.69, 9.17) is 5.11 Å². The highest BCUT2D eigenvalue weighted by Gasteiger charge is 2.08. The molecule has 1 aromatic heterocycles. The van der Waals surface area contributed by atoms with Gasteiger partial charge in [-0.25, -0.2) is 4.39 Å². The Hall–Kier alpha value is -0.840. The summed E-state index contributed by atoms with van der Waals surface area (Å²) < 4.78 is 14.4. The Morgan fingerprint density at radius 1 is 1.27 bits per heavy atom. The molecule has 4 heteroatoms.